The Bertz CT molecular complexity index is 360. The molecule has 0 heterocycles. The van der Waals surface area contributed by atoms with Crippen molar-refractivity contribution in [2.24, 2.45) is 0 Å². The van der Waals surface area contributed by atoms with Gasteiger partial charge in [-0.15, -0.1) is 0 Å². The topological polar surface area (TPSA) is 21.3 Å². The molecule has 0 aliphatic heterocycles. The minimum Gasteiger partial charge on any atom is -0.496 e. The molecule has 1 N–H and O–H groups in total. The Balaban J connectivity index is 2.87. The highest BCUT2D eigenvalue weighted by atomic mass is 79.9. The van der Waals surface area contributed by atoms with E-state index in [9.17, 15) is 8.78 Å². The molecular weight excluding hydrogens is 292 g/mol. The number of hydrogen-bond acceptors (Lipinski definition) is 2. The first-order valence-corrected chi connectivity index (χ1v) is 6.21. The van der Waals surface area contributed by atoms with Crippen LogP contribution in [0.25, 0.3) is 0 Å². The molecule has 1 unspecified atom stereocenters. The molecule has 0 saturated heterocycles. The Kier molecular flexibility index (Phi) is 5.85. The molecule has 1 aromatic rings. The summed E-state index contributed by atoms with van der Waals surface area (Å²) in [6.07, 6.45) is -2.15. The first-order valence-electron chi connectivity index (χ1n) is 5.42. The van der Waals surface area contributed by atoms with Gasteiger partial charge in [0.2, 0.25) is 0 Å². The van der Waals surface area contributed by atoms with Gasteiger partial charge in [0.1, 0.15) is 5.75 Å². The Morgan fingerprint density at radius 1 is 1.41 bits per heavy atom. The molecular formula is C12H16BrF2NO. The lowest BCUT2D eigenvalue weighted by Crippen LogP contribution is -2.37. The van der Waals surface area contributed by atoms with Gasteiger partial charge >= 0.3 is 0 Å². The second-order valence-electron chi connectivity index (χ2n) is 3.66. The molecule has 0 fully saturated rings. The van der Waals surface area contributed by atoms with Gasteiger partial charge < -0.3 is 10.1 Å². The van der Waals surface area contributed by atoms with Crippen LogP contribution in [0.3, 0.4) is 0 Å². The average Bonchev–Trinajstić information content (AvgIpc) is 2.28. The highest BCUT2D eigenvalue weighted by molar-refractivity contribution is 9.10. The van der Waals surface area contributed by atoms with Crippen LogP contribution in [0, 0.1) is 0 Å². The largest absolute Gasteiger partial charge is 0.496 e. The highest BCUT2D eigenvalue weighted by Crippen LogP contribution is 2.25. The monoisotopic (exact) mass is 307 g/mol. The molecule has 1 atom stereocenters. The number of hydrogen-bond donors (Lipinski definition) is 1. The van der Waals surface area contributed by atoms with E-state index in [1.54, 1.807) is 6.07 Å². The summed E-state index contributed by atoms with van der Waals surface area (Å²) in [7, 11) is 1.54. The third-order valence-corrected chi connectivity index (χ3v) is 2.95. The molecule has 0 aliphatic carbocycles. The summed E-state index contributed by atoms with van der Waals surface area (Å²) in [4.78, 5) is 0. The molecule has 1 rings (SSSR count). The molecule has 0 bridgehead atoms. The zero-order valence-electron chi connectivity index (χ0n) is 9.84. The van der Waals surface area contributed by atoms with Crippen molar-refractivity contribution >= 4 is 15.9 Å². The lowest BCUT2D eigenvalue weighted by molar-refractivity contribution is 0.0988. The van der Waals surface area contributed by atoms with E-state index in [1.807, 2.05) is 19.1 Å². The molecule has 0 spiro atoms. The Hall–Kier alpha value is -0.680. The molecule has 17 heavy (non-hydrogen) atoms. The number of likely N-dealkylation sites (N-methyl/N-ethyl adjacent to an activating group) is 1. The first kappa shape index (κ1) is 14.4. The molecule has 0 amide bonds. The summed E-state index contributed by atoms with van der Waals surface area (Å²) >= 11 is 3.33. The fourth-order valence-electron chi connectivity index (χ4n) is 1.66. The van der Waals surface area contributed by atoms with E-state index in [1.165, 1.54) is 7.11 Å². The standard InChI is InChI=1S/C12H16BrF2NO/c1-3-16-10(12(14)15)7-8-6-9(13)4-5-11(8)17-2/h4-6,10,12,16H,3,7H2,1-2H3. The molecule has 0 aromatic heterocycles. The van der Waals surface area contributed by atoms with Gasteiger partial charge in [0.05, 0.1) is 13.2 Å². The Labute approximate surface area is 108 Å². The highest BCUT2D eigenvalue weighted by Gasteiger charge is 2.21. The van der Waals surface area contributed by atoms with Crippen molar-refractivity contribution in [1.82, 2.24) is 5.32 Å². The minimum absolute atomic E-state index is 0.244. The molecule has 0 aliphatic rings. The van der Waals surface area contributed by atoms with E-state index in [2.05, 4.69) is 21.2 Å². The number of methoxy groups -OCH3 is 1. The van der Waals surface area contributed by atoms with E-state index in [4.69, 9.17) is 4.74 Å². The van der Waals surface area contributed by atoms with E-state index >= 15 is 0 Å². The smallest absolute Gasteiger partial charge is 0.254 e. The van der Waals surface area contributed by atoms with Gasteiger partial charge in [-0.2, -0.15) is 0 Å². The van der Waals surface area contributed by atoms with Crippen molar-refractivity contribution in [2.75, 3.05) is 13.7 Å². The summed E-state index contributed by atoms with van der Waals surface area (Å²) in [5.41, 5.74) is 0.771. The van der Waals surface area contributed by atoms with Crippen LogP contribution in [0.4, 0.5) is 8.78 Å². The maximum absolute atomic E-state index is 12.8. The van der Waals surface area contributed by atoms with E-state index in [0.717, 1.165) is 10.0 Å². The Morgan fingerprint density at radius 3 is 2.65 bits per heavy atom. The maximum atomic E-state index is 12.8. The van der Waals surface area contributed by atoms with Crippen LogP contribution >= 0.6 is 15.9 Å². The molecule has 96 valence electrons. The van der Waals surface area contributed by atoms with Gasteiger partial charge in [-0.3, -0.25) is 0 Å². The zero-order valence-corrected chi connectivity index (χ0v) is 11.4. The molecule has 5 heteroatoms. The number of ether oxygens (including phenoxy) is 1. The van der Waals surface area contributed by atoms with Crippen LogP contribution in [0.2, 0.25) is 0 Å². The summed E-state index contributed by atoms with van der Waals surface area (Å²) in [5, 5.41) is 2.78. The third kappa shape index (κ3) is 4.24. The number of benzene rings is 1. The summed E-state index contributed by atoms with van der Waals surface area (Å²) in [5.74, 6) is 0.636. The van der Waals surface area contributed by atoms with E-state index < -0.39 is 12.5 Å². The third-order valence-electron chi connectivity index (χ3n) is 2.45. The maximum Gasteiger partial charge on any atom is 0.254 e. The normalized spacial score (nSPS) is 12.8. The fourth-order valence-corrected chi connectivity index (χ4v) is 2.06. The van der Waals surface area contributed by atoms with Crippen LogP contribution in [-0.4, -0.2) is 26.1 Å². The van der Waals surface area contributed by atoms with Crippen molar-refractivity contribution in [3.05, 3.63) is 28.2 Å². The summed E-state index contributed by atoms with van der Waals surface area (Å²) in [6.45, 7) is 2.33. The van der Waals surface area contributed by atoms with Gasteiger partial charge in [-0.1, -0.05) is 22.9 Å². The van der Waals surface area contributed by atoms with Crippen molar-refractivity contribution < 1.29 is 13.5 Å². The molecule has 0 radical (unpaired) electrons. The van der Waals surface area contributed by atoms with Gasteiger partial charge in [0, 0.05) is 4.47 Å². The van der Waals surface area contributed by atoms with Crippen LogP contribution in [0.5, 0.6) is 5.75 Å². The lowest BCUT2D eigenvalue weighted by atomic mass is 10.1. The number of alkyl halides is 2. The number of nitrogens with one attached hydrogen (secondary N) is 1. The summed E-state index contributed by atoms with van der Waals surface area (Å²) in [6, 6.07) is 4.56. The quantitative estimate of drug-likeness (QED) is 0.871. The second kappa shape index (κ2) is 6.91. The predicted molar refractivity (Wildman–Crippen MR) is 67.9 cm³/mol. The van der Waals surface area contributed by atoms with Crippen LogP contribution in [0.1, 0.15) is 12.5 Å². The van der Waals surface area contributed by atoms with Crippen molar-refractivity contribution in [3.8, 4) is 5.75 Å². The van der Waals surface area contributed by atoms with Crippen molar-refractivity contribution in [1.29, 1.82) is 0 Å². The van der Waals surface area contributed by atoms with Crippen LogP contribution in [0.15, 0.2) is 22.7 Å². The van der Waals surface area contributed by atoms with Crippen molar-refractivity contribution in [2.45, 2.75) is 25.8 Å². The second-order valence-corrected chi connectivity index (χ2v) is 4.57. The van der Waals surface area contributed by atoms with Crippen LogP contribution in [-0.2, 0) is 6.42 Å². The lowest BCUT2D eigenvalue weighted by Gasteiger charge is -2.18. The van der Waals surface area contributed by atoms with Gasteiger partial charge in [0.25, 0.3) is 6.43 Å². The first-order chi connectivity index (χ1) is 8.08. The van der Waals surface area contributed by atoms with Crippen molar-refractivity contribution in [3.63, 3.8) is 0 Å². The van der Waals surface area contributed by atoms with Gasteiger partial charge in [0.15, 0.2) is 0 Å². The molecule has 1 aromatic carbocycles. The van der Waals surface area contributed by atoms with E-state index in [-0.39, 0.29) is 6.42 Å². The van der Waals surface area contributed by atoms with Crippen LogP contribution < -0.4 is 10.1 Å². The number of rotatable bonds is 6. The summed E-state index contributed by atoms with van der Waals surface area (Å²) < 4.78 is 31.6. The predicted octanol–water partition coefficient (Wildman–Crippen LogP) is 3.24. The molecule has 0 saturated carbocycles. The Morgan fingerprint density at radius 2 is 2.12 bits per heavy atom. The SMILES string of the molecule is CCNC(Cc1cc(Br)ccc1OC)C(F)F. The zero-order chi connectivity index (χ0) is 12.8. The van der Waals surface area contributed by atoms with Gasteiger partial charge in [-0.05, 0) is 36.7 Å². The van der Waals surface area contributed by atoms with E-state index in [0.29, 0.717) is 12.3 Å². The molecule has 2 nitrogen and oxygen atoms in total. The average molecular weight is 308 g/mol. The van der Waals surface area contributed by atoms with Gasteiger partial charge in [-0.25, -0.2) is 8.78 Å². The minimum atomic E-state index is -2.39. The fraction of sp³-hybridized carbons (Fsp3) is 0.500. The number of halogens is 3.